The van der Waals surface area contributed by atoms with Gasteiger partial charge in [-0.05, 0) is 37.2 Å². The fourth-order valence-corrected chi connectivity index (χ4v) is 3.50. The van der Waals surface area contributed by atoms with Gasteiger partial charge in [0.25, 0.3) is 0 Å². The number of nitrogens with zero attached hydrogens (tertiary/aromatic N) is 1. The summed E-state index contributed by atoms with van der Waals surface area (Å²) in [6.07, 6.45) is 3.42. The second kappa shape index (κ2) is 6.58. The zero-order valence-electron chi connectivity index (χ0n) is 12.4. The number of benzene rings is 1. The van der Waals surface area contributed by atoms with Crippen molar-refractivity contribution in [3.63, 3.8) is 0 Å². The van der Waals surface area contributed by atoms with Crippen LogP contribution in [-0.4, -0.2) is 47.7 Å². The standard InChI is InChI=1S/C17H24N2O2/c20-15-11-16(18-12-15)17(21)19-9-4-7-14(8-10-19)13-5-2-1-3-6-13/h1-3,5-6,14-16,18,20H,4,7-12H2. The molecule has 0 saturated carbocycles. The topological polar surface area (TPSA) is 52.6 Å². The molecule has 0 aliphatic carbocycles. The summed E-state index contributed by atoms with van der Waals surface area (Å²) in [5.74, 6) is 0.728. The summed E-state index contributed by atoms with van der Waals surface area (Å²) in [4.78, 5) is 14.5. The van der Waals surface area contributed by atoms with Gasteiger partial charge in [-0.3, -0.25) is 4.79 Å². The summed E-state index contributed by atoms with van der Waals surface area (Å²) in [5, 5.41) is 12.7. The first-order valence-electron chi connectivity index (χ1n) is 7.99. The van der Waals surface area contributed by atoms with E-state index in [9.17, 15) is 9.90 Å². The van der Waals surface area contributed by atoms with E-state index in [2.05, 4.69) is 29.6 Å². The Bertz CT molecular complexity index is 477. The molecule has 4 heteroatoms. The summed E-state index contributed by atoms with van der Waals surface area (Å²) in [7, 11) is 0. The van der Waals surface area contributed by atoms with Crippen LogP contribution in [0.4, 0.5) is 0 Å². The first-order chi connectivity index (χ1) is 10.2. The van der Waals surface area contributed by atoms with Crippen molar-refractivity contribution in [1.29, 1.82) is 0 Å². The number of rotatable bonds is 2. The third-order valence-electron chi connectivity index (χ3n) is 4.72. The number of nitrogens with one attached hydrogen (secondary N) is 1. The maximum Gasteiger partial charge on any atom is 0.239 e. The third kappa shape index (κ3) is 3.44. The molecule has 3 atom stereocenters. The molecule has 2 aliphatic rings. The van der Waals surface area contributed by atoms with Crippen LogP contribution < -0.4 is 5.32 Å². The first kappa shape index (κ1) is 14.5. The lowest BCUT2D eigenvalue weighted by Gasteiger charge is -2.24. The Morgan fingerprint density at radius 2 is 2.00 bits per heavy atom. The van der Waals surface area contributed by atoms with Crippen LogP contribution in [0, 0.1) is 0 Å². The predicted octanol–water partition coefficient (Wildman–Crippen LogP) is 1.51. The van der Waals surface area contributed by atoms with Crippen LogP contribution in [0.1, 0.15) is 37.2 Å². The van der Waals surface area contributed by atoms with Gasteiger partial charge < -0.3 is 15.3 Å². The van der Waals surface area contributed by atoms with Crippen molar-refractivity contribution in [3.8, 4) is 0 Å². The van der Waals surface area contributed by atoms with Crippen molar-refractivity contribution in [2.75, 3.05) is 19.6 Å². The molecule has 1 amide bonds. The molecule has 0 spiro atoms. The number of β-amino-alcohol motifs (C(OH)–C–C–N with tert-alkyl or cyclic N) is 1. The minimum Gasteiger partial charge on any atom is -0.392 e. The summed E-state index contributed by atoms with van der Waals surface area (Å²) in [6.45, 7) is 2.21. The molecule has 2 fully saturated rings. The van der Waals surface area contributed by atoms with Crippen LogP contribution in [0.2, 0.25) is 0 Å². The molecule has 2 aliphatic heterocycles. The number of aliphatic hydroxyl groups is 1. The van der Waals surface area contributed by atoms with E-state index in [1.165, 1.54) is 5.56 Å². The predicted molar refractivity (Wildman–Crippen MR) is 82.0 cm³/mol. The maximum absolute atomic E-state index is 12.5. The Balaban J connectivity index is 1.59. The maximum atomic E-state index is 12.5. The number of carbonyl (C=O) groups excluding carboxylic acids is 1. The van der Waals surface area contributed by atoms with Crippen LogP contribution in [0.3, 0.4) is 0 Å². The Labute approximate surface area is 126 Å². The van der Waals surface area contributed by atoms with Gasteiger partial charge in [0.05, 0.1) is 12.1 Å². The lowest BCUT2D eigenvalue weighted by Crippen LogP contribution is -2.44. The van der Waals surface area contributed by atoms with Gasteiger partial charge in [0.1, 0.15) is 0 Å². The number of likely N-dealkylation sites (tertiary alicyclic amines) is 1. The molecule has 21 heavy (non-hydrogen) atoms. The van der Waals surface area contributed by atoms with E-state index < -0.39 is 0 Å². The fraction of sp³-hybridized carbons (Fsp3) is 0.588. The lowest BCUT2D eigenvalue weighted by atomic mass is 9.92. The summed E-state index contributed by atoms with van der Waals surface area (Å²) < 4.78 is 0. The quantitative estimate of drug-likeness (QED) is 0.867. The van der Waals surface area contributed by atoms with Crippen LogP contribution in [0.15, 0.2) is 30.3 Å². The zero-order valence-corrected chi connectivity index (χ0v) is 12.4. The smallest absolute Gasteiger partial charge is 0.239 e. The Morgan fingerprint density at radius 3 is 2.71 bits per heavy atom. The van der Waals surface area contributed by atoms with E-state index >= 15 is 0 Å². The molecule has 3 unspecified atom stereocenters. The fourth-order valence-electron chi connectivity index (χ4n) is 3.50. The summed E-state index contributed by atoms with van der Waals surface area (Å²) in [6, 6.07) is 10.4. The van der Waals surface area contributed by atoms with E-state index in [1.807, 2.05) is 11.0 Å². The van der Waals surface area contributed by atoms with Crippen LogP contribution >= 0.6 is 0 Å². The average molecular weight is 288 g/mol. The van der Waals surface area contributed by atoms with Crippen molar-refractivity contribution in [2.24, 2.45) is 0 Å². The first-order valence-corrected chi connectivity index (χ1v) is 7.99. The van der Waals surface area contributed by atoms with Gasteiger partial charge >= 0.3 is 0 Å². The number of hydrogen-bond acceptors (Lipinski definition) is 3. The molecule has 0 aromatic heterocycles. The van der Waals surface area contributed by atoms with Gasteiger partial charge in [0.15, 0.2) is 0 Å². The third-order valence-corrected chi connectivity index (χ3v) is 4.72. The monoisotopic (exact) mass is 288 g/mol. The largest absolute Gasteiger partial charge is 0.392 e. The molecule has 0 radical (unpaired) electrons. The van der Waals surface area contributed by atoms with Crippen molar-refractivity contribution >= 4 is 5.91 Å². The highest BCUT2D eigenvalue weighted by Gasteiger charge is 2.32. The second-order valence-electron chi connectivity index (χ2n) is 6.21. The van der Waals surface area contributed by atoms with Gasteiger partial charge in [0.2, 0.25) is 5.91 Å². The molecule has 1 aromatic carbocycles. The summed E-state index contributed by atoms with van der Waals surface area (Å²) >= 11 is 0. The number of hydrogen-bond donors (Lipinski definition) is 2. The van der Waals surface area contributed by atoms with Gasteiger partial charge in [-0.1, -0.05) is 30.3 Å². The average Bonchev–Trinajstić information content (AvgIpc) is 2.81. The van der Waals surface area contributed by atoms with Crippen molar-refractivity contribution in [2.45, 2.75) is 43.7 Å². The van der Waals surface area contributed by atoms with E-state index in [1.54, 1.807) is 0 Å². The molecule has 3 rings (SSSR count). The molecular weight excluding hydrogens is 264 g/mol. The van der Waals surface area contributed by atoms with Crippen molar-refractivity contribution in [3.05, 3.63) is 35.9 Å². The molecule has 2 heterocycles. The Hall–Kier alpha value is -1.39. The minimum absolute atomic E-state index is 0.167. The molecular formula is C17H24N2O2. The van der Waals surface area contributed by atoms with Crippen LogP contribution in [0.5, 0.6) is 0 Å². The number of amides is 1. The molecule has 1 aromatic rings. The van der Waals surface area contributed by atoms with Gasteiger partial charge in [-0.2, -0.15) is 0 Å². The van der Waals surface area contributed by atoms with E-state index in [0.717, 1.165) is 32.4 Å². The highest BCUT2D eigenvalue weighted by Crippen LogP contribution is 2.28. The lowest BCUT2D eigenvalue weighted by molar-refractivity contribution is -0.133. The van der Waals surface area contributed by atoms with Crippen LogP contribution in [0.25, 0.3) is 0 Å². The van der Waals surface area contributed by atoms with Gasteiger partial charge in [-0.15, -0.1) is 0 Å². The molecule has 2 saturated heterocycles. The number of aliphatic hydroxyl groups excluding tert-OH is 1. The normalized spacial score (nSPS) is 30.1. The molecule has 2 N–H and O–H groups in total. The van der Waals surface area contributed by atoms with Crippen molar-refractivity contribution in [1.82, 2.24) is 10.2 Å². The Kier molecular flexibility index (Phi) is 4.56. The SMILES string of the molecule is O=C(C1CC(O)CN1)N1CCCC(c2ccccc2)CC1. The van der Waals surface area contributed by atoms with E-state index in [-0.39, 0.29) is 18.1 Å². The number of carbonyl (C=O) groups is 1. The minimum atomic E-state index is -0.372. The second-order valence-corrected chi connectivity index (χ2v) is 6.21. The summed E-state index contributed by atoms with van der Waals surface area (Å²) in [5.41, 5.74) is 1.39. The highest BCUT2D eigenvalue weighted by atomic mass is 16.3. The molecule has 114 valence electrons. The van der Waals surface area contributed by atoms with E-state index in [0.29, 0.717) is 18.9 Å². The Morgan fingerprint density at radius 1 is 1.19 bits per heavy atom. The highest BCUT2D eigenvalue weighted by molar-refractivity contribution is 5.82. The zero-order chi connectivity index (χ0) is 14.7. The van der Waals surface area contributed by atoms with Gasteiger partial charge in [-0.25, -0.2) is 0 Å². The van der Waals surface area contributed by atoms with E-state index in [4.69, 9.17) is 0 Å². The van der Waals surface area contributed by atoms with Gasteiger partial charge in [0, 0.05) is 19.6 Å². The van der Waals surface area contributed by atoms with Crippen molar-refractivity contribution < 1.29 is 9.90 Å². The molecule has 4 nitrogen and oxygen atoms in total. The molecule has 0 bridgehead atoms. The van der Waals surface area contributed by atoms with Crippen LogP contribution in [-0.2, 0) is 4.79 Å².